The number of pyridine rings is 1. The summed E-state index contributed by atoms with van der Waals surface area (Å²) in [6, 6.07) is 12.1. The van der Waals surface area contributed by atoms with E-state index in [9.17, 15) is 10.1 Å². The summed E-state index contributed by atoms with van der Waals surface area (Å²) in [6.07, 6.45) is 5.58. The minimum atomic E-state index is 0.0544. The van der Waals surface area contributed by atoms with Crippen molar-refractivity contribution in [1.29, 1.82) is 5.26 Å². The first-order valence-corrected chi connectivity index (χ1v) is 10.0. The molecule has 0 saturated carbocycles. The summed E-state index contributed by atoms with van der Waals surface area (Å²) in [5.74, 6) is 0.0544. The Morgan fingerprint density at radius 2 is 2.11 bits per heavy atom. The molecule has 1 amide bonds. The van der Waals surface area contributed by atoms with E-state index in [0.717, 1.165) is 52.7 Å². The fourth-order valence-electron chi connectivity index (χ4n) is 3.67. The summed E-state index contributed by atoms with van der Waals surface area (Å²) in [4.78, 5) is 23.7. The first-order chi connectivity index (χ1) is 13.7. The molecule has 2 N–H and O–H groups in total. The zero-order valence-electron chi connectivity index (χ0n) is 15.0. The SMILES string of the molecule is N#Cc1cnc2sc(C(=O)N3CCCC3)cc2c1Nc1ccc2[nH]ccc2c1. The van der Waals surface area contributed by atoms with Crippen molar-refractivity contribution in [2.45, 2.75) is 12.8 Å². The third-order valence-electron chi connectivity index (χ3n) is 5.11. The van der Waals surface area contributed by atoms with Crippen LogP contribution in [0.15, 0.2) is 42.7 Å². The number of amides is 1. The minimum Gasteiger partial charge on any atom is -0.361 e. The molecule has 3 aromatic heterocycles. The molecule has 0 spiro atoms. The topological polar surface area (TPSA) is 84.8 Å². The molecule has 1 saturated heterocycles. The Kier molecular flexibility index (Phi) is 3.99. The smallest absolute Gasteiger partial charge is 0.264 e. The van der Waals surface area contributed by atoms with Crippen LogP contribution in [0.25, 0.3) is 21.1 Å². The van der Waals surface area contributed by atoms with E-state index in [1.165, 1.54) is 11.3 Å². The number of aromatic nitrogens is 2. The lowest BCUT2D eigenvalue weighted by Crippen LogP contribution is -2.26. The zero-order chi connectivity index (χ0) is 19.1. The molecule has 4 aromatic rings. The number of likely N-dealkylation sites (tertiary alicyclic amines) is 1. The number of benzene rings is 1. The van der Waals surface area contributed by atoms with Crippen LogP contribution >= 0.6 is 11.3 Å². The molecule has 0 aliphatic carbocycles. The van der Waals surface area contributed by atoms with Gasteiger partial charge in [0.05, 0.1) is 16.1 Å². The van der Waals surface area contributed by atoms with Gasteiger partial charge in [0.2, 0.25) is 0 Å². The molecular formula is C21H17N5OS. The van der Waals surface area contributed by atoms with Gasteiger partial charge in [0.25, 0.3) is 5.91 Å². The number of aromatic amines is 1. The highest BCUT2D eigenvalue weighted by molar-refractivity contribution is 7.20. The highest BCUT2D eigenvalue weighted by Gasteiger charge is 2.23. The highest BCUT2D eigenvalue weighted by atomic mass is 32.1. The maximum absolute atomic E-state index is 12.8. The van der Waals surface area contributed by atoms with Gasteiger partial charge in [-0.25, -0.2) is 4.98 Å². The summed E-state index contributed by atoms with van der Waals surface area (Å²) in [5.41, 5.74) is 3.09. The van der Waals surface area contributed by atoms with Crippen molar-refractivity contribution in [3.63, 3.8) is 0 Å². The van der Waals surface area contributed by atoms with Crippen LogP contribution < -0.4 is 5.32 Å². The normalized spacial score (nSPS) is 13.9. The van der Waals surface area contributed by atoms with E-state index in [1.807, 2.05) is 41.4 Å². The van der Waals surface area contributed by atoms with Crippen LogP contribution in [0.3, 0.4) is 0 Å². The van der Waals surface area contributed by atoms with Crippen molar-refractivity contribution in [3.8, 4) is 6.07 Å². The van der Waals surface area contributed by atoms with E-state index in [1.54, 1.807) is 6.20 Å². The van der Waals surface area contributed by atoms with Gasteiger partial charge in [0, 0.05) is 47.5 Å². The van der Waals surface area contributed by atoms with Crippen LogP contribution in [0, 0.1) is 11.3 Å². The van der Waals surface area contributed by atoms with Crippen LogP contribution in [0.5, 0.6) is 0 Å². The standard InChI is InChI=1S/C21H17N5OS/c22-11-14-12-24-20-16(10-18(28-20)21(27)26-7-1-2-8-26)19(14)25-15-3-4-17-13(9-15)5-6-23-17/h3-6,9-10,12,23H,1-2,7-8H2,(H,24,25). The van der Waals surface area contributed by atoms with Gasteiger partial charge < -0.3 is 15.2 Å². The Labute approximate surface area is 165 Å². The van der Waals surface area contributed by atoms with Gasteiger partial charge in [-0.05, 0) is 43.2 Å². The summed E-state index contributed by atoms with van der Waals surface area (Å²) in [7, 11) is 0. The molecule has 1 aliphatic rings. The number of anilines is 2. The second-order valence-corrected chi connectivity index (χ2v) is 7.92. The number of hydrogen-bond donors (Lipinski definition) is 2. The summed E-state index contributed by atoms with van der Waals surface area (Å²) in [6.45, 7) is 1.62. The second kappa shape index (κ2) is 6.66. The number of hydrogen-bond acceptors (Lipinski definition) is 5. The summed E-state index contributed by atoms with van der Waals surface area (Å²) < 4.78 is 0. The third kappa shape index (κ3) is 2.79. The van der Waals surface area contributed by atoms with E-state index in [4.69, 9.17) is 0 Å². The monoisotopic (exact) mass is 387 g/mol. The fourth-order valence-corrected chi connectivity index (χ4v) is 4.64. The predicted molar refractivity (Wildman–Crippen MR) is 111 cm³/mol. The number of H-pyrrole nitrogens is 1. The summed E-state index contributed by atoms with van der Waals surface area (Å²) in [5, 5.41) is 14.8. The van der Waals surface area contributed by atoms with Crippen LogP contribution in [0.1, 0.15) is 28.1 Å². The molecule has 6 nitrogen and oxygen atoms in total. The van der Waals surface area contributed by atoms with E-state index < -0.39 is 0 Å². The first kappa shape index (κ1) is 16.8. The molecule has 0 bridgehead atoms. The molecule has 28 heavy (non-hydrogen) atoms. The summed E-state index contributed by atoms with van der Waals surface area (Å²) >= 11 is 1.38. The minimum absolute atomic E-state index is 0.0544. The molecule has 1 aromatic carbocycles. The average Bonchev–Trinajstić information content (AvgIpc) is 3.46. The molecule has 0 unspecified atom stereocenters. The molecule has 0 radical (unpaired) electrons. The number of nitrogens with zero attached hydrogens (tertiary/aromatic N) is 3. The lowest BCUT2D eigenvalue weighted by atomic mass is 10.1. The van der Waals surface area contributed by atoms with Gasteiger partial charge in [-0.15, -0.1) is 11.3 Å². The first-order valence-electron chi connectivity index (χ1n) is 9.19. The Balaban J connectivity index is 1.57. The number of carbonyl (C=O) groups is 1. The van der Waals surface area contributed by atoms with Crippen molar-refractivity contribution >= 4 is 49.7 Å². The third-order valence-corrected chi connectivity index (χ3v) is 6.14. The van der Waals surface area contributed by atoms with Gasteiger partial charge in [0.1, 0.15) is 10.9 Å². The molecule has 4 heterocycles. The zero-order valence-corrected chi connectivity index (χ0v) is 15.8. The number of nitriles is 1. The van der Waals surface area contributed by atoms with Gasteiger partial charge in [0.15, 0.2) is 0 Å². The van der Waals surface area contributed by atoms with Crippen LogP contribution in [-0.4, -0.2) is 33.9 Å². The van der Waals surface area contributed by atoms with Crippen molar-refractivity contribution < 1.29 is 4.79 Å². The molecule has 138 valence electrons. The molecular weight excluding hydrogens is 370 g/mol. The number of nitrogens with one attached hydrogen (secondary N) is 2. The quantitative estimate of drug-likeness (QED) is 0.537. The molecule has 0 atom stereocenters. The van der Waals surface area contributed by atoms with Crippen LogP contribution in [0.4, 0.5) is 11.4 Å². The molecule has 5 rings (SSSR count). The van der Waals surface area contributed by atoms with Crippen molar-refractivity contribution in [2.75, 3.05) is 18.4 Å². The lowest BCUT2D eigenvalue weighted by Gasteiger charge is -2.13. The largest absolute Gasteiger partial charge is 0.361 e. The van der Waals surface area contributed by atoms with Gasteiger partial charge in [-0.1, -0.05) is 0 Å². The number of rotatable bonds is 3. The van der Waals surface area contributed by atoms with Crippen LogP contribution in [-0.2, 0) is 0 Å². The van der Waals surface area contributed by atoms with Gasteiger partial charge in [-0.2, -0.15) is 5.26 Å². The maximum atomic E-state index is 12.8. The fraction of sp³-hybridized carbons (Fsp3) is 0.190. The lowest BCUT2D eigenvalue weighted by molar-refractivity contribution is 0.0797. The maximum Gasteiger partial charge on any atom is 0.264 e. The van der Waals surface area contributed by atoms with Gasteiger partial charge in [-0.3, -0.25) is 4.79 Å². The number of fused-ring (bicyclic) bond motifs is 2. The number of carbonyl (C=O) groups excluding carboxylic acids is 1. The van der Waals surface area contributed by atoms with Crippen molar-refractivity contribution in [1.82, 2.24) is 14.9 Å². The Morgan fingerprint density at radius 3 is 2.93 bits per heavy atom. The highest BCUT2D eigenvalue weighted by Crippen LogP contribution is 2.35. The van der Waals surface area contributed by atoms with Gasteiger partial charge >= 0.3 is 0 Å². The Morgan fingerprint density at radius 1 is 1.25 bits per heavy atom. The Bertz CT molecular complexity index is 1240. The van der Waals surface area contributed by atoms with E-state index in [2.05, 4.69) is 21.4 Å². The van der Waals surface area contributed by atoms with Crippen LogP contribution in [0.2, 0.25) is 0 Å². The van der Waals surface area contributed by atoms with E-state index in [0.29, 0.717) is 16.1 Å². The molecule has 7 heteroatoms. The van der Waals surface area contributed by atoms with E-state index >= 15 is 0 Å². The molecule has 1 aliphatic heterocycles. The van der Waals surface area contributed by atoms with Crippen molar-refractivity contribution in [3.05, 3.63) is 53.2 Å². The average molecular weight is 387 g/mol. The molecule has 1 fully saturated rings. The predicted octanol–water partition coefficient (Wildman–Crippen LogP) is 4.63. The van der Waals surface area contributed by atoms with E-state index in [-0.39, 0.29) is 5.91 Å². The number of thiophene rings is 1. The van der Waals surface area contributed by atoms with Crippen molar-refractivity contribution in [2.24, 2.45) is 0 Å². The second-order valence-electron chi connectivity index (χ2n) is 6.89. The Hall–Kier alpha value is -3.37.